The van der Waals surface area contributed by atoms with E-state index in [-0.39, 0.29) is 24.1 Å². The molecule has 21 heavy (non-hydrogen) atoms. The van der Waals surface area contributed by atoms with Gasteiger partial charge in [-0.15, -0.1) is 0 Å². The lowest BCUT2D eigenvalue weighted by Gasteiger charge is -2.32. The number of Topliss-reactive ketones (excluding diaryl/α,β-unsaturated/α-hetero) is 1. The monoisotopic (exact) mass is 310 g/mol. The number of epoxide rings is 1. The molecule has 0 amide bonds. The van der Waals surface area contributed by atoms with E-state index < -0.39 is 8.32 Å². The maximum Gasteiger partial charge on any atom is 0.193 e. The van der Waals surface area contributed by atoms with Gasteiger partial charge in [-0.25, -0.2) is 0 Å². The van der Waals surface area contributed by atoms with Gasteiger partial charge in [0.05, 0.1) is 6.10 Å². The molecule has 0 bridgehead atoms. The summed E-state index contributed by atoms with van der Waals surface area (Å²) in [6, 6.07) is 3.27. The van der Waals surface area contributed by atoms with Crippen LogP contribution in [0.25, 0.3) is 0 Å². The third-order valence-corrected chi connectivity index (χ3v) is 9.90. The van der Waals surface area contributed by atoms with Gasteiger partial charge in [-0.05, 0) is 50.7 Å². The normalized spacial score (nSPS) is 30.6. The summed E-state index contributed by atoms with van der Waals surface area (Å²) in [5, 5.41) is 0. The number of hydrogen-bond acceptors (Lipinski definition) is 3. The Kier molecular flexibility index (Phi) is 5.80. The predicted molar refractivity (Wildman–Crippen MR) is 88.0 cm³/mol. The van der Waals surface area contributed by atoms with Crippen LogP contribution in [0.3, 0.4) is 0 Å². The van der Waals surface area contributed by atoms with Gasteiger partial charge in [0.2, 0.25) is 0 Å². The number of ketones is 1. The average molecular weight is 311 g/mol. The van der Waals surface area contributed by atoms with Gasteiger partial charge in [0, 0.05) is 0 Å². The first-order chi connectivity index (χ1) is 10.0. The van der Waals surface area contributed by atoms with Gasteiger partial charge < -0.3 is 9.16 Å². The summed E-state index contributed by atoms with van der Waals surface area (Å²) < 4.78 is 12.1. The summed E-state index contributed by atoms with van der Waals surface area (Å²) in [5.74, 6) is 0.208. The van der Waals surface area contributed by atoms with Crippen molar-refractivity contribution in [2.75, 3.05) is 0 Å². The van der Waals surface area contributed by atoms with Gasteiger partial charge >= 0.3 is 0 Å². The average Bonchev–Trinajstić information content (AvgIpc) is 3.27. The molecule has 0 aromatic carbocycles. The molecule has 0 radical (unpaired) electrons. The quantitative estimate of drug-likeness (QED) is 0.433. The molecule has 3 atom stereocenters. The lowest BCUT2D eigenvalue weighted by Crippen LogP contribution is -2.44. The van der Waals surface area contributed by atoms with E-state index in [9.17, 15) is 4.79 Å². The maximum atomic E-state index is 12.7. The van der Waals surface area contributed by atoms with Gasteiger partial charge in [-0.1, -0.05) is 32.4 Å². The van der Waals surface area contributed by atoms with Crippen LogP contribution in [0.4, 0.5) is 0 Å². The molecule has 2 aliphatic rings. The molecule has 2 rings (SSSR count). The number of carbonyl (C=O) groups excluding carboxylic acids is 1. The second kappa shape index (κ2) is 7.21. The highest BCUT2D eigenvalue weighted by Crippen LogP contribution is 2.34. The summed E-state index contributed by atoms with van der Waals surface area (Å²) in [6.07, 6.45) is 5.79. The van der Waals surface area contributed by atoms with Crippen molar-refractivity contribution in [1.82, 2.24) is 0 Å². The first-order valence-corrected chi connectivity index (χ1v) is 11.1. The lowest BCUT2D eigenvalue weighted by molar-refractivity contribution is -0.127. The molecule has 0 N–H and O–H groups in total. The number of hydrogen-bond donors (Lipinski definition) is 0. The molecule has 3 nitrogen and oxygen atoms in total. The fourth-order valence-corrected chi connectivity index (χ4v) is 6.15. The summed E-state index contributed by atoms with van der Waals surface area (Å²) in [4.78, 5) is 12.7. The van der Waals surface area contributed by atoms with E-state index in [2.05, 4.69) is 33.8 Å². The van der Waals surface area contributed by atoms with Crippen molar-refractivity contribution in [2.45, 2.75) is 89.8 Å². The van der Waals surface area contributed by atoms with Gasteiger partial charge in [-0.3, -0.25) is 4.79 Å². The van der Waals surface area contributed by atoms with Gasteiger partial charge in [0.1, 0.15) is 12.2 Å². The van der Waals surface area contributed by atoms with E-state index in [1.807, 2.05) is 0 Å². The van der Waals surface area contributed by atoms with Crippen LogP contribution in [0.5, 0.6) is 0 Å². The van der Waals surface area contributed by atoms with Crippen LogP contribution in [0.2, 0.25) is 18.1 Å². The third-order valence-electron chi connectivity index (χ3n) is 5.25. The fraction of sp³-hybridized carbons (Fsp3) is 0.824. The molecule has 1 aliphatic carbocycles. The maximum absolute atomic E-state index is 12.7. The zero-order valence-electron chi connectivity index (χ0n) is 14.0. The molecule has 0 spiro atoms. The first-order valence-electron chi connectivity index (χ1n) is 8.57. The molecule has 0 saturated carbocycles. The van der Waals surface area contributed by atoms with Crippen molar-refractivity contribution in [3.8, 4) is 0 Å². The standard InChI is InChI=1S/C17H30O3Si/c1-5-21(6-2,7-3)20-14-10-8-9-13(4)11-12-15-17(19-15)16(14)18/h9,14-15,17H,5-8,10-12H2,1-4H3. The van der Waals surface area contributed by atoms with Crippen molar-refractivity contribution in [3.05, 3.63) is 11.6 Å². The van der Waals surface area contributed by atoms with E-state index in [1.54, 1.807) is 0 Å². The Hall–Kier alpha value is -0.453. The molecule has 0 aromatic heterocycles. The van der Waals surface area contributed by atoms with E-state index in [0.717, 1.165) is 43.8 Å². The van der Waals surface area contributed by atoms with Crippen molar-refractivity contribution in [2.24, 2.45) is 0 Å². The molecule has 1 saturated heterocycles. The van der Waals surface area contributed by atoms with E-state index in [0.29, 0.717) is 0 Å². The topological polar surface area (TPSA) is 38.8 Å². The molecular weight excluding hydrogens is 280 g/mol. The second-order valence-corrected chi connectivity index (χ2v) is 11.2. The van der Waals surface area contributed by atoms with Crippen LogP contribution in [-0.4, -0.2) is 32.4 Å². The van der Waals surface area contributed by atoms with Crippen LogP contribution in [-0.2, 0) is 14.0 Å². The van der Waals surface area contributed by atoms with Crippen LogP contribution < -0.4 is 0 Å². The molecule has 0 aromatic rings. The van der Waals surface area contributed by atoms with E-state index in [1.165, 1.54) is 5.57 Å². The van der Waals surface area contributed by atoms with Crippen molar-refractivity contribution in [3.63, 3.8) is 0 Å². The third kappa shape index (κ3) is 4.05. The zero-order chi connectivity index (χ0) is 15.5. The number of rotatable bonds is 5. The van der Waals surface area contributed by atoms with Crippen LogP contribution in [0.1, 0.15) is 53.4 Å². The summed E-state index contributed by atoms with van der Waals surface area (Å²) in [7, 11) is -1.74. The van der Waals surface area contributed by atoms with Crippen molar-refractivity contribution >= 4 is 14.1 Å². The lowest BCUT2D eigenvalue weighted by atomic mass is 9.99. The molecule has 3 unspecified atom stereocenters. The van der Waals surface area contributed by atoms with Crippen LogP contribution in [0, 0.1) is 0 Å². The summed E-state index contributed by atoms with van der Waals surface area (Å²) >= 11 is 0. The Morgan fingerprint density at radius 1 is 1.24 bits per heavy atom. The van der Waals surface area contributed by atoms with Crippen LogP contribution in [0.15, 0.2) is 11.6 Å². The predicted octanol–water partition coefficient (Wildman–Crippen LogP) is 4.23. The van der Waals surface area contributed by atoms with Crippen molar-refractivity contribution in [1.29, 1.82) is 0 Å². The molecule has 1 aliphatic heterocycles. The highest BCUT2D eigenvalue weighted by molar-refractivity contribution is 6.73. The summed E-state index contributed by atoms with van der Waals surface area (Å²) in [5.41, 5.74) is 1.42. The van der Waals surface area contributed by atoms with Crippen LogP contribution >= 0.6 is 0 Å². The molecular formula is C17H30O3Si. The van der Waals surface area contributed by atoms with E-state index >= 15 is 0 Å². The Morgan fingerprint density at radius 2 is 1.90 bits per heavy atom. The van der Waals surface area contributed by atoms with Gasteiger partial charge in [-0.2, -0.15) is 0 Å². The number of ether oxygens (including phenoxy) is 1. The highest BCUT2D eigenvalue weighted by atomic mass is 28.4. The highest BCUT2D eigenvalue weighted by Gasteiger charge is 2.48. The Bertz CT molecular complexity index is 393. The number of carbonyl (C=O) groups is 1. The van der Waals surface area contributed by atoms with E-state index in [4.69, 9.17) is 9.16 Å². The molecule has 4 heteroatoms. The fourth-order valence-electron chi connectivity index (χ4n) is 3.31. The molecule has 1 fully saturated rings. The van der Waals surface area contributed by atoms with Gasteiger partial charge in [0.15, 0.2) is 14.1 Å². The minimum absolute atomic E-state index is 0.144. The molecule has 120 valence electrons. The SMILES string of the molecule is CC[Si](CC)(CC)OC1CCC=C(C)CCC2OC2C1=O. The Balaban J connectivity index is 2.11. The van der Waals surface area contributed by atoms with Crippen molar-refractivity contribution < 1.29 is 14.0 Å². The largest absolute Gasteiger partial charge is 0.407 e. The second-order valence-electron chi connectivity index (χ2n) is 6.51. The first kappa shape index (κ1) is 16.9. The Morgan fingerprint density at radius 3 is 2.52 bits per heavy atom. The summed E-state index contributed by atoms with van der Waals surface area (Å²) in [6.45, 7) is 8.82. The van der Waals surface area contributed by atoms with Gasteiger partial charge in [0.25, 0.3) is 0 Å². The number of fused-ring (bicyclic) bond motifs is 1. The Labute approximate surface area is 130 Å². The smallest absolute Gasteiger partial charge is 0.193 e. The minimum Gasteiger partial charge on any atom is -0.407 e. The zero-order valence-corrected chi connectivity index (χ0v) is 15.0. The molecule has 1 heterocycles. The minimum atomic E-state index is -1.74. The number of allylic oxidation sites excluding steroid dienone is 2.